The summed E-state index contributed by atoms with van der Waals surface area (Å²) in [6.07, 6.45) is 0. The Kier molecular flexibility index (Phi) is 4.62. The molecular weight excluding hydrogens is 330 g/mol. The summed E-state index contributed by atoms with van der Waals surface area (Å²) in [6.45, 7) is 3.27. The maximum atomic E-state index is 12.3. The molecule has 0 amide bonds. The van der Waals surface area contributed by atoms with Crippen LogP contribution in [-0.4, -0.2) is 31.0 Å². The third kappa shape index (κ3) is 3.50. The van der Waals surface area contributed by atoms with Gasteiger partial charge in [0.15, 0.2) is 0 Å². The molecule has 22 heavy (non-hydrogen) atoms. The van der Waals surface area contributed by atoms with E-state index in [1.807, 2.05) is 6.92 Å². The fourth-order valence-corrected chi connectivity index (χ4v) is 3.12. The van der Waals surface area contributed by atoms with Crippen LogP contribution >= 0.6 is 11.6 Å². The van der Waals surface area contributed by atoms with E-state index in [-0.39, 0.29) is 18.2 Å². The van der Waals surface area contributed by atoms with Gasteiger partial charge in [-0.1, -0.05) is 17.7 Å². The molecule has 2 aromatic rings. The van der Waals surface area contributed by atoms with Crippen LogP contribution in [0.3, 0.4) is 0 Å². The lowest BCUT2D eigenvalue weighted by Crippen LogP contribution is -2.32. The molecule has 9 heteroatoms. The first-order chi connectivity index (χ1) is 10.2. The van der Waals surface area contributed by atoms with E-state index in [0.29, 0.717) is 10.7 Å². The molecule has 0 aliphatic rings. The number of rotatable bonds is 5. The lowest BCUT2D eigenvalue weighted by molar-refractivity contribution is 0.463. The molecule has 0 bridgehead atoms. The minimum Gasteiger partial charge on any atom is -0.393 e. The normalized spacial score (nSPS) is 11.6. The molecule has 0 aliphatic carbocycles. The summed E-state index contributed by atoms with van der Waals surface area (Å²) >= 11 is 6.02. The molecule has 0 saturated carbocycles. The number of anilines is 1. The van der Waals surface area contributed by atoms with Crippen LogP contribution in [0, 0.1) is 13.8 Å². The van der Waals surface area contributed by atoms with Crippen molar-refractivity contribution in [1.82, 2.24) is 9.78 Å². The number of sulfonamides is 1. The predicted molar refractivity (Wildman–Crippen MR) is 83.9 cm³/mol. The summed E-state index contributed by atoms with van der Waals surface area (Å²) in [6, 6.07) is 5.00. The second-order valence-corrected chi connectivity index (χ2v) is 7.35. The first-order valence-corrected chi connectivity index (χ1v) is 8.47. The quantitative estimate of drug-likeness (QED) is 0.821. The molecule has 0 saturated heterocycles. The van der Waals surface area contributed by atoms with Crippen molar-refractivity contribution in [1.29, 1.82) is 0 Å². The van der Waals surface area contributed by atoms with Crippen LogP contribution in [-0.2, 0) is 16.6 Å². The smallest absolute Gasteiger partial charge is 0.393 e. The highest BCUT2D eigenvalue weighted by atomic mass is 35.5. The Labute approximate surface area is 133 Å². The van der Waals surface area contributed by atoms with E-state index < -0.39 is 15.8 Å². The molecule has 2 rings (SSSR count). The standard InChI is InChI=1S/C13H16ClN3O4S/c1-9-4-5-11(8-12(9)14)16(3)22(19,20)7-6-17-13(18)21-10(2)15-17/h4-5,8H,6-7H2,1-3H3. The number of benzene rings is 1. The van der Waals surface area contributed by atoms with Crippen molar-refractivity contribution in [2.75, 3.05) is 17.1 Å². The van der Waals surface area contributed by atoms with Crippen molar-refractivity contribution in [2.24, 2.45) is 0 Å². The van der Waals surface area contributed by atoms with Gasteiger partial charge in [-0.3, -0.25) is 4.31 Å². The predicted octanol–water partition coefficient (Wildman–Crippen LogP) is 1.57. The Bertz CT molecular complexity index is 841. The SMILES string of the molecule is Cc1nn(CCS(=O)(=O)N(C)c2ccc(C)c(Cl)c2)c(=O)o1. The van der Waals surface area contributed by atoms with E-state index in [4.69, 9.17) is 16.0 Å². The molecule has 0 unspecified atom stereocenters. The van der Waals surface area contributed by atoms with Crippen molar-refractivity contribution in [3.05, 3.63) is 45.2 Å². The maximum absolute atomic E-state index is 12.3. The van der Waals surface area contributed by atoms with E-state index >= 15 is 0 Å². The average molecular weight is 346 g/mol. The first-order valence-electron chi connectivity index (χ1n) is 6.48. The minimum absolute atomic E-state index is 0.0809. The highest BCUT2D eigenvalue weighted by molar-refractivity contribution is 7.92. The van der Waals surface area contributed by atoms with Gasteiger partial charge in [0.25, 0.3) is 0 Å². The second-order valence-electron chi connectivity index (χ2n) is 4.83. The van der Waals surface area contributed by atoms with Crippen LogP contribution in [0.1, 0.15) is 11.5 Å². The highest BCUT2D eigenvalue weighted by Gasteiger charge is 2.20. The molecule has 0 N–H and O–H groups in total. The van der Waals surface area contributed by atoms with Gasteiger partial charge in [0, 0.05) is 19.0 Å². The molecular formula is C13H16ClN3O4S. The molecule has 0 radical (unpaired) electrons. The zero-order chi connectivity index (χ0) is 16.5. The van der Waals surface area contributed by atoms with Crippen LogP contribution < -0.4 is 10.1 Å². The van der Waals surface area contributed by atoms with Crippen molar-refractivity contribution < 1.29 is 12.8 Å². The lowest BCUT2D eigenvalue weighted by Gasteiger charge is -2.19. The number of aromatic nitrogens is 2. The Morgan fingerprint density at radius 1 is 1.36 bits per heavy atom. The van der Waals surface area contributed by atoms with Crippen molar-refractivity contribution in [3.63, 3.8) is 0 Å². The van der Waals surface area contributed by atoms with Crippen molar-refractivity contribution in [3.8, 4) is 0 Å². The van der Waals surface area contributed by atoms with Crippen molar-refractivity contribution in [2.45, 2.75) is 20.4 Å². The Balaban J connectivity index is 2.17. The fraction of sp³-hybridized carbons (Fsp3) is 0.385. The van der Waals surface area contributed by atoms with Crippen LogP contribution in [0.5, 0.6) is 0 Å². The number of halogens is 1. The lowest BCUT2D eigenvalue weighted by atomic mass is 10.2. The summed E-state index contributed by atoms with van der Waals surface area (Å²) in [5.74, 6) is -0.754. The van der Waals surface area contributed by atoms with Gasteiger partial charge >= 0.3 is 5.76 Å². The number of aryl methyl sites for hydroxylation is 3. The molecule has 7 nitrogen and oxygen atoms in total. The van der Waals surface area contributed by atoms with E-state index in [1.165, 1.54) is 14.0 Å². The van der Waals surface area contributed by atoms with Crippen LogP contribution in [0.4, 0.5) is 5.69 Å². The molecule has 1 aromatic heterocycles. The van der Waals surface area contributed by atoms with Gasteiger partial charge in [0.05, 0.1) is 18.0 Å². The largest absolute Gasteiger partial charge is 0.437 e. The van der Waals surface area contributed by atoms with Crippen LogP contribution in [0.25, 0.3) is 0 Å². The molecule has 0 atom stereocenters. The summed E-state index contributed by atoms with van der Waals surface area (Å²) in [7, 11) is -2.18. The van der Waals surface area contributed by atoms with E-state index in [2.05, 4.69) is 5.10 Å². The molecule has 0 fully saturated rings. The van der Waals surface area contributed by atoms with Gasteiger partial charge in [0.2, 0.25) is 15.9 Å². The van der Waals surface area contributed by atoms with Crippen LogP contribution in [0.15, 0.2) is 27.4 Å². The van der Waals surface area contributed by atoms with Gasteiger partial charge in [-0.25, -0.2) is 13.2 Å². The average Bonchev–Trinajstić information content (AvgIpc) is 2.77. The molecule has 1 heterocycles. The highest BCUT2D eigenvalue weighted by Crippen LogP contribution is 2.24. The monoisotopic (exact) mass is 345 g/mol. The van der Waals surface area contributed by atoms with Gasteiger partial charge < -0.3 is 4.42 Å². The Morgan fingerprint density at radius 3 is 2.59 bits per heavy atom. The fourth-order valence-electron chi connectivity index (χ4n) is 1.83. The Hall–Kier alpha value is -1.80. The summed E-state index contributed by atoms with van der Waals surface area (Å²) in [5, 5.41) is 4.29. The van der Waals surface area contributed by atoms with Gasteiger partial charge in [-0.2, -0.15) is 4.68 Å². The zero-order valence-electron chi connectivity index (χ0n) is 12.4. The van der Waals surface area contributed by atoms with E-state index in [0.717, 1.165) is 14.6 Å². The topological polar surface area (TPSA) is 85.4 Å². The van der Waals surface area contributed by atoms with Gasteiger partial charge in [-0.05, 0) is 24.6 Å². The minimum atomic E-state index is -3.62. The van der Waals surface area contributed by atoms with E-state index in [1.54, 1.807) is 18.2 Å². The van der Waals surface area contributed by atoms with E-state index in [9.17, 15) is 13.2 Å². The second kappa shape index (κ2) is 6.13. The number of hydrogen-bond acceptors (Lipinski definition) is 5. The third-order valence-electron chi connectivity index (χ3n) is 3.20. The maximum Gasteiger partial charge on any atom is 0.437 e. The molecule has 0 spiro atoms. The number of nitrogens with zero attached hydrogens (tertiary/aromatic N) is 3. The summed E-state index contributed by atoms with van der Waals surface area (Å²) < 4.78 is 31.5. The molecule has 0 aliphatic heterocycles. The molecule has 120 valence electrons. The zero-order valence-corrected chi connectivity index (χ0v) is 14.0. The van der Waals surface area contributed by atoms with Gasteiger partial charge in [0.1, 0.15) is 0 Å². The van der Waals surface area contributed by atoms with Crippen LogP contribution in [0.2, 0.25) is 5.02 Å². The number of hydrogen-bond donors (Lipinski definition) is 0. The summed E-state index contributed by atoms with van der Waals surface area (Å²) in [4.78, 5) is 11.4. The third-order valence-corrected chi connectivity index (χ3v) is 5.36. The van der Waals surface area contributed by atoms with Crippen molar-refractivity contribution >= 4 is 27.3 Å². The summed E-state index contributed by atoms with van der Waals surface area (Å²) in [5.41, 5.74) is 1.32. The molecule has 1 aromatic carbocycles. The first kappa shape index (κ1) is 16.6. The Morgan fingerprint density at radius 2 is 2.05 bits per heavy atom. The van der Waals surface area contributed by atoms with Gasteiger partial charge in [-0.15, -0.1) is 5.10 Å².